The van der Waals surface area contributed by atoms with Crippen LogP contribution in [0.25, 0.3) is 5.70 Å². The van der Waals surface area contributed by atoms with E-state index in [4.69, 9.17) is 4.74 Å². The lowest BCUT2D eigenvalue weighted by Crippen LogP contribution is -2.34. The highest BCUT2D eigenvalue weighted by Gasteiger charge is 2.41. The number of hydrogen-bond acceptors (Lipinski definition) is 2. The lowest BCUT2D eigenvalue weighted by molar-refractivity contribution is 0.128. The van der Waals surface area contributed by atoms with Crippen molar-refractivity contribution in [3.8, 4) is 0 Å². The Morgan fingerprint density at radius 3 is 2.68 bits per heavy atom. The minimum atomic E-state index is -0.312. The van der Waals surface area contributed by atoms with Gasteiger partial charge in [0.05, 0.1) is 6.04 Å². The van der Waals surface area contributed by atoms with Gasteiger partial charge in [-0.25, -0.2) is 4.79 Å². The van der Waals surface area contributed by atoms with Crippen LogP contribution in [0.2, 0.25) is 0 Å². The Hall–Kier alpha value is -2.03. The molecule has 1 aromatic carbocycles. The van der Waals surface area contributed by atoms with Gasteiger partial charge in [0.25, 0.3) is 0 Å². The molecule has 3 heteroatoms. The maximum atomic E-state index is 12.1. The smallest absolute Gasteiger partial charge is 0.415 e. The molecule has 0 unspecified atom stereocenters. The molecule has 1 amide bonds. The summed E-state index contributed by atoms with van der Waals surface area (Å²) in [6, 6.07) is 9.68. The maximum Gasteiger partial charge on any atom is 0.415 e. The van der Waals surface area contributed by atoms with Crippen molar-refractivity contribution in [1.82, 2.24) is 4.90 Å². The fourth-order valence-corrected chi connectivity index (χ4v) is 2.43. The summed E-state index contributed by atoms with van der Waals surface area (Å²) in [7, 11) is 0. The fraction of sp³-hybridized carbons (Fsp3) is 0.312. The predicted octanol–water partition coefficient (Wildman–Crippen LogP) is 3.83. The summed E-state index contributed by atoms with van der Waals surface area (Å²) in [5, 5.41) is 0. The molecule has 0 bridgehead atoms. The van der Waals surface area contributed by atoms with E-state index in [1.807, 2.05) is 43.3 Å². The molecule has 0 aromatic heterocycles. The monoisotopic (exact) mass is 257 g/mol. The van der Waals surface area contributed by atoms with Crippen LogP contribution in [0.3, 0.4) is 0 Å². The van der Waals surface area contributed by atoms with E-state index in [0.29, 0.717) is 12.1 Å². The summed E-state index contributed by atoms with van der Waals surface area (Å²) in [5.74, 6) is 0. The summed E-state index contributed by atoms with van der Waals surface area (Å²) in [6.45, 7) is 9.83. The molecule has 0 radical (unpaired) electrons. The van der Waals surface area contributed by atoms with Crippen molar-refractivity contribution in [3.05, 3.63) is 55.1 Å². The summed E-state index contributed by atoms with van der Waals surface area (Å²) in [6.07, 6.45) is 2.91. The van der Waals surface area contributed by atoms with Crippen molar-refractivity contribution >= 4 is 11.8 Å². The van der Waals surface area contributed by atoms with Crippen molar-refractivity contribution in [2.24, 2.45) is 0 Å². The Labute approximate surface area is 114 Å². The van der Waals surface area contributed by atoms with Crippen LogP contribution >= 0.6 is 0 Å². The summed E-state index contributed by atoms with van der Waals surface area (Å²) >= 11 is 0. The molecular weight excluding hydrogens is 238 g/mol. The van der Waals surface area contributed by atoms with Crippen molar-refractivity contribution in [3.63, 3.8) is 0 Å². The molecule has 2 atom stereocenters. The van der Waals surface area contributed by atoms with Gasteiger partial charge in [-0.3, -0.25) is 4.90 Å². The van der Waals surface area contributed by atoms with Crippen LogP contribution in [-0.2, 0) is 4.74 Å². The molecule has 1 fully saturated rings. The molecule has 2 rings (SSSR count). The van der Waals surface area contributed by atoms with Crippen LogP contribution in [0.1, 0.15) is 25.3 Å². The first-order chi connectivity index (χ1) is 9.19. The second-order valence-corrected chi connectivity index (χ2v) is 4.60. The van der Waals surface area contributed by atoms with Gasteiger partial charge in [-0.15, -0.1) is 6.58 Å². The third-order valence-electron chi connectivity index (χ3n) is 3.42. The van der Waals surface area contributed by atoms with Gasteiger partial charge in [0.15, 0.2) is 0 Å². The number of nitrogens with zero attached hydrogens (tertiary/aromatic N) is 1. The first-order valence-corrected chi connectivity index (χ1v) is 6.54. The summed E-state index contributed by atoms with van der Waals surface area (Å²) in [5.41, 5.74) is 1.62. The van der Waals surface area contributed by atoms with E-state index >= 15 is 0 Å². The van der Waals surface area contributed by atoms with Crippen LogP contribution in [0.5, 0.6) is 0 Å². The van der Waals surface area contributed by atoms with Crippen molar-refractivity contribution < 1.29 is 9.53 Å². The van der Waals surface area contributed by atoms with E-state index in [1.165, 1.54) is 0 Å². The quantitative estimate of drug-likeness (QED) is 0.750. The van der Waals surface area contributed by atoms with Crippen molar-refractivity contribution in [1.29, 1.82) is 0 Å². The van der Waals surface area contributed by atoms with E-state index in [1.54, 1.807) is 4.90 Å². The van der Waals surface area contributed by atoms with Gasteiger partial charge in [-0.05, 0) is 18.4 Å². The highest BCUT2D eigenvalue weighted by Crippen LogP contribution is 2.31. The van der Waals surface area contributed by atoms with Gasteiger partial charge in [0, 0.05) is 5.70 Å². The molecule has 0 N–H and O–H groups in total. The molecule has 19 heavy (non-hydrogen) atoms. The van der Waals surface area contributed by atoms with Gasteiger partial charge in [0.2, 0.25) is 0 Å². The number of rotatable bonds is 5. The Kier molecular flexibility index (Phi) is 4.05. The normalized spacial score (nSPS) is 22.2. The lowest BCUT2D eigenvalue weighted by atomic mass is 10.0. The van der Waals surface area contributed by atoms with Gasteiger partial charge in [-0.1, -0.05) is 49.9 Å². The van der Waals surface area contributed by atoms with E-state index in [-0.39, 0.29) is 18.2 Å². The van der Waals surface area contributed by atoms with E-state index in [0.717, 1.165) is 12.0 Å². The Balaban J connectivity index is 2.28. The molecule has 0 saturated carbocycles. The number of carbonyl (C=O) groups is 1. The minimum Gasteiger partial charge on any atom is -0.444 e. The Bertz CT molecular complexity index is 481. The lowest BCUT2D eigenvalue weighted by Gasteiger charge is -2.25. The highest BCUT2D eigenvalue weighted by atomic mass is 16.6. The first kappa shape index (κ1) is 13.4. The summed E-state index contributed by atoms with van der Waals surface area (Å²) in [4.78, 5) is 13.7. The van der Waals surface area contributed by atoms with Gasteiger partial charge in [0.1, 0.15) is 6.10 Å². The number of cyclic esters (lactones) is 1. The second-order valence-electron chi connectivity index (χ2n) is 4.60. The predicted molar refractivity (Wildman–Crippen MR) is 76.5 cm³/mol. The molecule has 1 saturated heterocycles. The molecule has 1 heterocycles. The van der Waals surface area contributed by atoms with Gasteiger partial charge in [-0.2, -0.15) is 0 Å². The molecule has 1 aliphatic rings. The van der Waals surface area contributed by atoms with Crippen molar-refractivity contribution in [2.75, 3.05) is 0 Å². The SMILES string of the molecule is C=CC[C@H]1[C@H](CC)OC(=O)N1C(=C)c1ccccc1. The number of amides is 1. The van der Waals surface area contributed by atoms with Crippen molar-refractivity contribution in [2.45, 2.75) is 31.9 Å². The maximum absolute atomic E-state index is 12.1. The third-order valence-corrected chi connectivity index (χ3v) is 3.42. The average molecular weight is 257 g/mol. The molecule has 3 nitrogen and oxygen atoms in total. The topological polar surface area (TPSA) is 29.5 Å². The standard InChI is InChI=1S/C16H19NO2/c1-4-9-14-15(5-2)19-16(18)17(14)12(3)13-10-7-6-8-11-13/h4,6-8,10-11,14-15H,1,3,5,9H2,2H3/t14-,15-/m0/s1. The van der Waals surface area contributed by atoms with Crippen LogP contribution < -0.4 is 0 Å². The average Bonchev–Trinajstić information content (AvgIpc) is 2.75. The number of benzene rings is 1. The van der Waals surface area contributed by atoms with E-state index in [9.17, 15) is 4.79 Å². The van der Waals surface area contributed by atoms with Crippen LogP contribution in [0.4, 0.5) is 4.79 Å². The van der Waals surface area contributed by atoms with Gasteiger partial charge >= 0.3 is 6.09 Å². The zero-order valence-electron chi connectivity index (χ0n) is 11.2. The molecule has 0 aliphatic carbocycles. The van der Waals surface area contributed by atoms with E-state index < -0.39 is 0 Å². The minimum absolute atomic E-state index is 0.0114. The molecule has 0 spiro atoms. The number of hydrogen-bond donors (Lipinski definition) is 0. The third kappa shape index (κ3) is 2.55. The first-order valence-electron chi connectivity index (χ1n) is 6.54. The molecule has 1 aliphatic heterocycles. The Morgan fingerprint density at radius 1 is 1.42 bits per heavy atom. The highest BCUT2D eigenvalue weighted by molar-refractivity contribution is 5.83. The largest absolute Gasteiger partial charge is 0.444 e. The number of ether oxygens (including phenoxy) is 1. The molecule has 100 valence electrons. The fourth-order valence-electron chi connectivity index (χ4n) is 2.43. The zero-order valence-corrected chi connectivity index (χ0v) is 11.2. The van der Waals surface area contributed by atoms with Crippen LogP contribution in [-0.4, -0.2) is 23.1 Å². The molecule has 1 aromatic rings. The van der Waals surface area contributed by atoms with Crippen LogP contribution in [0.15, 0.2) is 49.6 Å². The van der Waals surface area contributed by atoms with Gasteiger partial charge < -0.3 is 4.74 Å². The van der Waals surface area contributed by atoms with E-state index in [2.05, 4.69) is 13.2 Å². The summed E-state index contributed by atoms with van der Waals surface area (Å²) < 4.78 is 5.41. The number of carbonyl (C=O) groups excluding carboxylic acids is 1. The van der Waals surface area contributed by atoms with Crippen LogP contribution in [0, 0.1) is 0 Å². The zero-order chi connectivity index (χ0) is 13.8. The Morgan fingerprint density at radius 2 is 2.11 bits per heavy atom. The molecular formula is C16H19NO2. The second kappa shape index (κ2) is 5.74.